The Morgan fingerprint density at radius 3 is 3.08 bits per heavy atom. The predicted octanol–water partition coefficient (Wildman–Crippen LogP) is 1.65. The van der Waals surface area contributed by atoms with Gasteiger partial charge in [0.05, 0.1) is 32.1 Å². The molecule has 1 atom stereocenters. The van der Waals surface area contributed by atoms with Crippen LogP contribution in [0.5, 0.6) is 0 Å². The third kappa shape index (κ3) is 4.93. The fourth-order valence-electron chi connectivity index (χ4n) is 3.10. The smallest absolute Gasteiger partial charge is 0.234 e. The van der Waals surface area contributed by atoms with E-state index in [-0.39, 0.29) is 5.91 Å². The topological polar surface area (TPSA) is 74.8 Å². The third-order valence-electron chi connectivity index (χ3n) is 4.61. The van der Waals surface area contributed by atoms with E-state index < -0.39 is 0 Å². The molecule has 1 aliphatic rings. The minimum atomic E-state index is 0.0278. The summed E-state index contributed by atoms with van der Waals surface area (Å²) in [5, 5.41) is 2.89. The lowest BCUT2D eigenvalue weighted by Gasteiger charge is -2.23. The van der Waals surface area contributed by atoms with Gasteiger partial charge in [0.2, 0.25) is 11.8 Å². The van der Waals surface area contributed by atoms with E-state index in [1.54, 1.807) is 12.5 Å². The number of likely N-dealkylation sites (N-methyl/N-ethyl adjacent to an activating group) is 1. The monoisotopic (exact) mass is 346 g/mol. The Morgan fingerprint density at radius 1 is 1.48 bits per heavy atom. The Hall–Kier alpha value is -2.12. The number of amides is 1. The van der Waals surface area contributed by atoms with E-state index in [1.807, 2.05) is 12.1 Å². The lowest BCUT2D eigenvalue weighted by atomic mass is 10.2. The molecule has 2 aromatic rings. The van der Waals surface area contributed by atoms with Gasteiger partial charge in [0.15, 0.2) is 0 Å². The van der Waals surface area contributed by atoms with Crippen LogP contribution in [-0.4, -0.2) is 53.4 Å². The van der Waals surface area contributed by atoms with Crippen molar-refractivity contribution in [2.45, 2.75) is 38.9 Å². The molecule has 3 rings (SSSR count). The van der Waals surface area contributed by atoms with Crippen LogP contribution in [0.1, 0.15) is 30.8 Å². The van der Waals surface area contributed by atoms with Gasteiger partial charge in [-0.3, -0.25) is 14.6 Å². The number of rotatable bonds is 8. The predicted molar refractivity (Wildman–Crippen MR) is 92.7 cm³/mol. The highest BCUT2D eigenvalue weighted by Gasteiger charge is 2.27. The van der Waals surface area contributed by atoms with Crippen LogP contribution >= 0.6 is 0 Å². The molecule has 0 bridgehead atoms. The Bertz CT molecular complexity index is 668. The standard InChI is InChI=1S/C18H26N4O3/c1-3-15-9-20-18(25-15)13-21(2)14-6-7-22(11-14)12-17(23)19-10-16-5-4-8-24-16/h4-5,8-9,14H,3,6-7,10-13H2,1-2H3,(H,19,23)/t14-/m0/s1. The number of nitrogens with one attached hydrogen (secondary N) is 1. The van der Waals surface area contributed by atoms with E-state index in [2.05, 4.69) is 34.1 Å². The van der Waals surface area contributed by atoms with Gasteiger partial charge in [-0.2, -0.15) is 0 Å². The molecule has 1 aliphatic heterocycles. The highest BCUT2D eigenvalue weighted by molar-refractivity contribution is 5.77. The molecule has 3 heterocycles. The molecule has 1 saturated heterocycles. The third-order valence-corrected chi connectivity index (χ3v) is 4.61. The molecule has 25 heavy (non-hydrogen) atoms. The fourth-order valence-corrected chi connectivity index (χ4v) is 3.10. The van der Waals surface area contributed by atoms with Gasteiger partial charge in [-0.1, -0.05) is 6.92 Å². The van der Waals surface area contributed by atoms with Crippen LogP contribution in [0, 0.1) is 0 Å². The minimum Gasteiger partial charge on any atom is -0.467 e. The zero-order valence-corrected chi connectivity index (χ0v) is 14.9. The number of nitrogens with zero attached hydrogens (tertiary/aromatic N) is 3. The van der Waals surface area contributed by atoms with Crippen LogP contribution in [0.4, 0.5) is 0 Å². The van der Waals surface area contributed by atoms with Gasteiger partial charge in [-0.25, -0.2) is 4.98 Å². The lowest BCUT2D eigenvalue weighted by molar-refractivity contribution is -0.122. The van der Waals surface area contributed by atoms with Gasteiger partial charge in [-0.15, -0.1) is 0 Å². The number of aryl methyl sites for hydroxylation is 1. The summed E-state index contributed by atoms with van der Waals surface area (Å²) in [6.07, 6.45) is 5.32. The van der Waals surface area contributed by atoms with Crippen molar-refractivity contribution in [3.63, 3.8) is 0 Å². The first-order valence-electron chi connectivity index (χ1n) is 8.79. The first kappa shape index (κ1) is 17.7. The average Bonchev–Trinajstić information content (AvgIpc) is 3.34. The molecule has 2 aromatic heterocycles. The van der Waals surface area contributed by atoms with Gasteiger partial charge in [0.25, 0.3) is 0 Å². The van der Waals surface area contributed by atoms with Crippen LogP contribution in [-0.2, 0) is 24.3 Å². The summed E-state index contributed by atoms with van der Waals surface area (Å²) in [5.74, 6) is 2.48. The molecule has 1 fully saturated rings. The first-order chi connectivity index (χ1) is 12.1. The summed E-state index contributed by atoms with van der Waals surface area (Å²) >= 11 is 0. The van der Waals surface area contributed by atoms with Gasteiger partial charge in [-0.05, 0) is 25.6 Å². The molecule has 1 amide bonds. The number of carbonyl (C=O) groups is 1. The average molecular weight is 346 g/mol. The maximum absolute atomic E-state index is 12.1. The highest BCUT2D eigenvalue weighted by atomic mass is 16.4. The summed E-state index contributed by atoms with van der Waals surface area (Å²) < 4.78 is 10.9. The Labute approximate surface area is 148 Å². The van der Waals surface area contributed by atoms with E-state index in [0.29, 0.717) is 25.7 Å². The maximum atomic E-state index is 12.1. The zero-order valence-electron chi connectivity index (χ0n) is 14.9. The second kappa shape index (κ2) is 8.31. The van der Waals surface area contributed by atoms with Crippen molar-refractivity contribution in [2.24, 2.45) is 0 Å². The molecule has 0 saturated carbocycles. The Kier molecular flexibility index (Phi) is 5.88. The number of hydrogen-bond acceptors (Lipinski definition) is 6. The summed E-state index contributed by atoms with van der Waals surface area (Å²) in [6, 6.07) is 4.09. The van der Waals surface area contributed by atoms with Gasteiger partial charge < -0.3 is 14.2 Å². The van der Waals surface area contributed by atoms with Gasteiger partial charge >= 0.3 is 0 Å². The van der Waals surface area contributed by atoms with Crippen LogP contribution < -0.4 is 5.32 Å². The molecule has 0 aromatic carbocycles. The molecule has 136 valence electrons. The molecule has 1 N–H and O–H groups in total. The van der Waals surface area contributed by atoms with Gasteiger partial charge in [0.1, 0.15) is 11.5 Å². The second-order valence-corrected chi connectivity index (χ2v) is 6.52. The quantitative estimate of drug-likeness (QED) is 0.783. The van der Waals surface area contributed by atoms with Gasteiger partial charge in [0, 0.05) is 25.6 Å². The maximum Gasteiger partial charge on any atom is 0.234 e. The highest BCUT2D eigenvalue weighted by Crippen LogP contribution is 2.16. The van der Waals surface area contributed by atoms with Crippen LogP contribution in [0.15, 0.2) is 33.4 Å². The molecular weight excluding hydrogens is 320 g/mol. The Balaban J connectivity index is 1.40. The fraction of sp³-hybridized carbons (Fsp3) is 0.556. The normalized spacial score (nSPS) is 18.1. The van der Waals surface area contributed by atoms with Crippen molar-refractivity contribution in [3.8, 4) is 0 Å². The molecular formula is C18H26N4O3. The van der Waals surface area contributed by atoms with E-state index in [4.69, 9.17) is 8.83 Å². The van der Waals surface area contributed by atoms with E-state index in [0.717, 1.165) is 43.3 Å². The van der Waals surface area contributed by atoms with Crippen LogP contribution in [0.3, 0.4) is 0 Å². The summed E-state index contributed by atoms with van der Waals surface area (Å²) in [5.41, 5.74) is 0. The lowest BCUT2D eigenvalue weighted by Crippen LogP contribution is -2.38. The molecule has 7 nitrogen and oxygen atoms in total. The van der Waals surface area contributed by atoms with E-state index >= 15 is 0 Å². The van der Waals surface area contributed by atoms with Crippen LogP contribution in [0.2, 0.25) is 0 Å². The summed E-state index contributed by atoms with van der Waals surface area (Å²) in [7, 11) is 2.08. The van der Waals surface area contributed by atoms with Crippen LogP contribution in [0.25, 0.3) is 0 Å². The number of furan rings is 1. The number of likely N-dealkylation sites (tertiary alicyclic amines) is 1. The van der Waals surface area contributed by atoms with Crippen molar-refractivity contribution in [1.29, 1.82) is 0 Å². The molecule has 0 radical (unpaired) electrons. The van der Waals surface area contributed by atoms with Crippen molar-refractivity contribution in [2.75, 3.05) is 26.7 Å². The number of aromatic nitrogens is 1. The largest absolute Gasteiger partial charge is 0.467 e. The van der Waals surface area contributed by atoms with Crippen molar-refractivity contribution < 1.29 is 13.6 Å². The second-order valence-electron chi connectivity index (χ2n) is 6.52. The number of carbonyl (C=O) groups excluding carboxylic acids is 1. The van der Waals surface area contributed by atoms with E-state index in [9.17, 15) is 4.79 Å². The number of hydrogen-bond donors (Lipinski definition) is 1. The summed E-state index contributed by atoms with van der Waals surface area (Å²) in [6.45, 7) is 5.42. The molecule has 7 heteroatoms. The SMILES string of the molecule is CCc1cnc(CN(C)[C@H]2CCN(CC(=O)NCc3ccco3)C2)o1. The van der Waals surface area contributed by atoms with E-state index in [1.165, 1.54) is 0 Å². The van der Waals surface area contributed by atoms with Crippen molar-refractivity contribution in [1.82, 2.24) is 20.1 Å². The van der Waals surface area contributed by atoms with Crippen molar-refractivity contribution >= 4 is 5.91 Å². The van der Waals surface area contributed by atoms with Crippen molar-refractivity contribution in [3.05, 3.63) is 42.0 Å². The molecule has 0 spiro atoms. The molecule has 0 unspecified atom stereocenters. The Morgan fingerprint density at radius 2 is 2.36 bits per heavy atom. The molecule has 0 aliphatic carbocycles. The zero-order chi connectivity index (χ0) is 17.6. The minimum absolute atomic E-state index is 0.0278. The first-order valence-corrected chi connectivity index (χ1v) is 8.79. The summed E-state index contributed by atoms with van der Waals surface area (Å²) in [4.78, 5) is 20.8. The number of oxazole rings is 1.